The van der Waals surface area contributed by atoms with E-state index >= 15 is 0 Å². The molecule has 8 heteroatoms. The molecule has 7 nitrogen and oxygen atoms in total. The summed E-state index contributed by atoms with van der Waals surface area (Å²) in [4.78, 5) is 25.2. The van der Waals surface area contributed by atoms with Crippen molar-refractivity contribution in [2.45, 2.75) is 50.3 Å². The molecule has 160 valence electrons. The number of carbonyl (C=O) groups is 2. The fourth-order valence-corrected chi connectivity index (χ4v) is 4.62. The van der Waals surface area contributed by atoms with Crippen molar-refractivity contribution in [2.24, 2.45) is 0 Å². The van der Waals surface area contributed by atoms with Crippen molar-refractivity contribution in [2.75, 3.05) is 7.05 Å². The lowest BCUT2D eigenvalue weighted by atomic mass is 9.89. The summed E-state index contributed by atoms with van der Waals surface area (Å²) >= 11 is 0. The van der Waals surface area contributed by atoms with E-state index in [-0.39, 0.29) is 17.5 Å². The molecule has 1 N–H and O–H groups in total. The van der Waals surface area contributed by atoms with Gasteiger partial charge in [-0.25, -0.2) is 13.2 Å². The Balaban J connectivity index is 1.68. The predicted octanol–water partition coefficient (Wildman–Crippen LogP) is 2.50. The summed E-state index contributed by atoms with van der Waals surface area (Å²) < 4.78 is 31.8. The van der Waals surface area contributed by atoms with Crippen molar-refractivity contribution in [1.29, 1.82) is 0 Å². The fourth-order valence-electron chi connectivity index (χ4n) is 3.25. The van der Waals surface area contributed by atoms with Crippen molar-refractivity contribution in [3.8, 4) is 0 Å². The van der Waals surface area contributed by atoms with Crippen molar-refractivity contribution >= 4 is 21.9 Å². The molecule has 0 aliphatic carbocycles. The van der Waals surface area contributed by atoms with Gasteiger partial charge >= 0.3 is 5.97 Å². The zero-order valence-corrected chi connectivity index (χ0v) is 18.3. The highest BCUT2D eigenvalue weighted by Crippen LogP contribution is 2.28. The number of benzene rings is 2. The first-order valence-electron chi connectivity index (χ1n) is 9.71. The van der Waals surface area contributed by atoms with Gasteiger partial charge in [0.15, 0.2) is 5.60 Å². The van der Waals surface area contributed by atoms with Gasteiger partial charge in [0.05, 0.1) is 10.5 Å². The van der Waals surface area contributed by atoms with E-state index in [0.29, 0.717) is 12.0 Å². The maximum absolute atomic E-state index is 12.7. The smallest absolute Gasteiger partial charge is 0.339 e. The standard InChI is InChI=1S/C22H26N2O5S/c1-15(2)24(4)30(27,28)18-11-9-16(10-12-18)14-23-21(26)22(3)13-17-7-5-6-8-19(17)20(25)29-22/h5-12,15H,13-14H2,1-4H3,(H,23,26). The van der Waals surface area contributed by atoms with E-state index in [9.17, 15) is 18.0 Å². The van der Waals surface area contributed by atoms with Gasteiger partial charge in [-0.3, -0.25) is 4.79 Å². The van der Waals surface area contributed by atoms with Gasteiger partial charge in [0, 0.05) is 26.1 Å². The van der Waals surface area contributed by atoms with Crippen LogP contribution in [0.25, 0.3) is 0 Å². The Kier molecular flexibility index (Phi) is 6.01. The largest absolute Gasteiger partial charge is 0.445 e. The average molecular weight is 431 g/mol. The molecular weight excluding hydrogens is 404 g/mol. The molecule has 0 saturated carbocycles. The number of hydrogen-bond donors (Lipinski definition) is 1. The van der Waals surface area contributed by atoms with Crippen LogP contribution in [0.2, 0.25) is 0 Å². The highest BCUT2D eigenvalue weighted by molar-refractivity contribution is 7.89. The van der Waals surface area contributed by atoms with Gasteiger partial charge in [-0.15, -0.1) is 0 Å². The molecular formula is C22H26N2O5S. The number of rotatable bonds is 6. The number of nitrogens with one attached hydrogen (secondary N) is 1. The molecule has 1 atom stereocenters. The molecule has 0 radical (unpaired) electrons. The van der Waals surface area contributed by atoms with Crippen LogP contribution in [0.1, 0.15) is 42.3 Å². The summed E-state index contributed by atoms with van der Waals surface area (Å²) in [5.74, 6) is -0.917. The quantitative estimate of drug-likeness (QED) is 0.711. The van der Waals surface area contributed by atoms with E-state index in [4.69, 9.17) is 4.74 Å². The number of hydrogen-bond acceptors (Lipinski definition) is 5. The first-order chi connectivity index (χ1) is 14.0. The van der Waals surface area contributed by atoms with Gasteiger partial charge in [-0.2, -0.15) is 4.31 Å². The molecule has 3 rings (SSSR count). The number of amides is 1. The van der Waals surface area contributed by atoms with Crippen molar-refractivity contribution in [3.63, 3.8) is 0 Å². The van der Waals surface area contributed by atoms with E-state index in [1.165, 1.54) is 16.4 Å². The van der Waals surface area contributed by atoms with E-state index < -0.39 is 27.5 Å². The third kappa shape index (κ3) is 4.24. The van der Waals surface area contributed by atoms with Crippen LogP contribution in [0.4, 0.5) is 0 Å². The van der Waals surface area contributed by atoms with Crippen molar-refractivity contribution in [3.05, 3.63) is 65.2 Å². The van der Waals surface area contributed by atoms with Crippen LogP contribution in [0, 0.1) is 0 Å². The van der Waals surface area contributed by atoms with Gasteiger partial charge in [-0.05, 0) is 50.1 Å². The molecule has 0 aromatic heterocycles. The van der Waals surface area contributed by atoms with Crippen LogP contribution in [-0.4, -0.2) is 43.3 Å². The minimum Gasteiger partial charge on any atom is -0.445 e. The summed E-state index contributed by atoms with van der Waals surface area (Å²) in [5.41, 5.74) is 0.691. The van der Waals surface area contributed by atoms with Gasteiger partial charge < -0.3 is 10.1 Å². The summed E-state index contributed by atoms with van der Waals surface area (Å²) in [6.45, 7) is 5.39. The number of ether oxygens (including phenoxy) is 1. The van der Waals surface area contributed by atoms with Gasteiger partial charge in [-0.1, -0.05) is 30.3 Å². The molecule has 1 amide bonds. The second-order valence-electron chi connectivity index (χ2n) is 7.90. The van der Waals surface area contributed by atoms with E-state index in [1.807, 2.05) is 12.1 Å². The van der Waals surface area contributed by atoms with Crippen molar-refractivity contribution < 1.29 is 22.7 Å². The minimum absolute atomic E-state index is 0.155. The van der Waals surface area contributed by atoms with Crippen LogP contribution in [0.3, 0.4) is 0 Å². The summed E-state index contributed by atoms with van der Waals surface area (Å²) in [7, 11) is -2.02. The topological polar surface area (TPSA) is 92.8 Å². The molecule has 30 heavy (non-hydrogen) atoms. The third-order valence-electron chi connectivity index (χ3n) is 5.34. The molecule has 0 spiro atoms. The van der Waals surface area contributed by atoms with Crippen LogP contribution in [0.5, 0.6) is 0 Å². The van der Waals surface area contributed by atoms with E-state index in [2.05, 4.69) is 5.32 Å². The second-order valence-corrected chi connectivity index (χ2v) is 9.89. The normalized spacial score (nSPS) is 18.8. The molecule has 1 aliphatic rings. The summed E-state index contributed by atoms with van der Waals surface area (Å²) in [6.07, 6.45) is 0.291. The maximum atomic E-state index is 12.7. The molecule has 0 bridgehead atoms. The minimum atomic E-state index is -3.56. The number of sulfonamides is 1. The van der Waals surface area contributed by atoms with Crippen LogP contribution in [0.15, 0.2) is 53.4 Å². The van der Waals surface area contributed by atoms with Crippen LogP contribution >= 0.6 is 0 Å². The van der Waals surface area contributed by atoms with Gasteiger partial charge in [0.25, 0.3) is 5.91 Å². The summed E-state index contributed by atoms with van der Waals surface area (Å²) in [5, 5.41) is 2.78. The Hall–Kier alpha value is -2.71. The van der Waals surface area contributed by atoms with Gasteiger partial charge in [0.2, 0.25) is 10.0 Å². The lowest BCUT2D eigenvalue weighted by Gasteiger charge is -2.33. The van der Waals surface area contributed by atoms with E-state index in [1.54, 1.807) is 52.1 Å². The highest BCUT2D eigenvalue weighted by Gasteiger charge is 2.42. The zero-order valence-electron chi connectivity index (χ0n) is 17.5. The molecule has 0 fully saturated rings. The SMILES string of the molecule is CC(C)N(C)S(=O)(=O)c1ccc(CNC(=O)C2(C)Cc3ccccc3C(=O)O2)cc1. The van der Waals surface area contributed by atoms with Crippen LogP contribution in [-0.2, 0) is 32.5 Å². The Morgan fingerprint density at radius 1 is 1.17 bits per heavy atom. The van der Waals surface area contributed by atoms with E-state index in [0.717, 1.165) is 11.1 Å². The first-order valence-corrected chi connectivity index (χ1v) is 11.1. The molecule has 1 aliphatic heterocycles. The highest BCUT2D eigenvalue weighted by atomic mass is 32.2. The zero-order chi connectivity index (χ0) is 22.1. The predicted molar refractivity (Wildman–Crippen MR) is 112 cm³/mol. The Labute approximate surface area is 177 Å². The number of esters is 1. The Morgan fingerprint density at radius 3 is 2.43 bits per heavy atom. The molecule has 2 aromatic rings. The first kappa shape index (κ1) is 22.0. The Morgan fingerprint density at radius 2 is 1.80 bits per heavy atom. The molecule has 1 unspecified atom stereocenters. The number of nitrogens with zero attached hydrogens (tertiary/aromatic N) is 1. The van der Waals surface area contributed by atoms with Gasteiger partial charge in [0.1, 0.15) is 0 Å². The number of cyclic esters (lactones) is 1. The number of carbonyl (C=O) groups excluding carboxylic acids is 2. The number of fused-ring (bicyclic) bond motifs is 1. The van der Waals surface area contributed by atoms with Crippen LogP contribution < -0.4 is 5.32 Å². The molecule has 2 aromatic carbocycles. The Bertz CT molecular complexity index is 1060. The molecule has 0 saturated heterocycles. The molecule has 1 heterocycles. The maximum Gasteiger partial charge on any atom is 0.339 e. The fraction of sp³-hybridized carbons (Fsp3) is 0.364. The average Bonchev–Trinajstić information content (AvgIpc) is 2.71. The lowest BCUT2D eigenvalue weighted by Crippen LogP contribution is -2.51. The second kappa shape index (κ2) is 8.20. The van der Waals surface area contributed by atoms with Crippen molar-refractivity contribution in [1.82, 2.24) is 9.62 Å². The summed E-state index contributed by atoms with van der Waals surface area (Å²) in [6, 6.07) is 13.3. The third-order valence-corrected chi connectivity index (χ3v) is 7.39. The monoisotopic (exact) mass is 430 g/mol. The lowest BCUT2D eigenvalue weighted by molar-refractivity contribution is -0.139.